The van der Waals surface area contributed by atoms with E-state index in [-0.39, 0.29) is 17.9 Å². The number of nitrogens with one attached hydrogen (secondary N) is 2. The van der Waals surface area contributed by atoms with E-state index in [2.05, 4.69) is 10.6 Å². The van der Waals surface area contributed by atoms with E-state index < -0.39 is 5.97 Å². The molecule has 20 heavy (non-hydrogen) atoms. The van der Waals surface area contributed by atoms with E-state index in [9.17, 15) is 9.59 Å². The molecule has 3 N–H and O–H groups in total. The summed E-state index contributed by atoms with van der Waals surface area (Å²) >= 11 is 3.85. The topological polar surface area (TPSA) is 78.4 Å². The Bertz CT molecular complexity index is 356. The average molecular weight is 318 g/mol. The molecule has 2 rings (SSSR count). The third-order valence-corrected chi connectivity index (χ3v) is 6.78. The van der Waals surface area contributed by atoms with Gasteiger partial charge < -0.3 is 15.7 Å². The van der Waals surface area contributed by atoms with Crippen molar-refractivity contribution in [2.24, 2.45) is 5.41 Å². The molecule has 2 fully saturated rings. The van der Waals surface area contributed by atoms with E-state index in [1.54, 1.807) is 0 Å². The zero-order chi connectivity index (χ0) is 14.4. The first-order valence-corrected chi connectivity index (χ1v) is 9.23. The number of carboxylic acids is 1. The highest BCUT2D eigenvalue weighted by Crippen LogP contribution is 2.43. The molecule has 1 heterocycles. The first kappa shape index (κ1) is 15.8. The molecule has 1 saturated heterocycles. The minimum absolute atomic E-state index is 0.155. The van der Waals surface area contributed by atoms with Crippen molar-refractivity contribution in [3.63, 3.8) is 0 Å². The maximum atomic E-state index is 11.8. The van der Waals surface area contributed by atoms with Crippen LogP contribution in [0.1, 0.15) is 25.7 Å². The summed E-state index contributed by atoms with van der Waals surface area (Å²) in [5.41, 5.74) is -0.210. The van der Waals surface area contributed by atoms with Gasteiger partial charge in [0.2, 0.25) is 0 Å². The zero-order valence-electron chi connectivity index (χ0n) is 11.5. The van der Waals surface area contributed by atoms with Gasteiger partial charge in [0.25, 0.3) is 0 Å². The van der Waals surface area contributed by atoms with Gasteiger partial charge in [0.05, 0.1) is 6.42 Å². The van der Waals surface area contributed by atoms with Crippen LogP contribution in [-0.4, -0.2) is 52.7 Å². The summed E-state index contributed by atoms with van der Waals surface area (Å²) in [5, 5.41) is 15.2. The van der Waals surface area contributed by atoms with Gasteiger partial charge in [-0.05, 0) is 18.3 Å². The molecule has 0 radical (unpaired) electrons. The van der Waals surface area contributed by atoms with Crippen LogP contribution in [0.15, 0.2) is 0 Å². The molecule has 2 aliphatic rings. The average Bonchev–Trinajstić information content (AvgIpc) is 2.40. The van der Waals surface area contributed by atoms with Crippen LogP contribution in [0.5, 0.6) is 0 Å². The molecule has 1 aliphatic carbocycles. The SMILES string of the molecule is O=C(O)CC1(CNC(=O)NCC2CSCCS2)CCC1. The summed E-state index contributed by atoms with van der Waals surface area (Å²) < 4.78 is 0. The van der Waals surface area contributed by atoms with Crippen LogP contribution < -0.4 is 10.6 Å². The molecule has 7 heteroatoms. The van der Waals surface area contributed by atoms with Gasteiger partial charge in [0.15, 0.2) is 0 Å². The van der Waals surface area contributed by atoms with Crippen molar-refractivity contribution in [3.8, 4) is 0 Å². The third kappa shape index (κ3) is 4.77. The molecule has 1 atom stereocenters. The molecule has 5 nitrogen and oxygen atoms in total. The molecule has 0 aromatic rings. The molecule has 1 aliphatic heterocycles. The number of carbonyl (C=O) groups is 2. The Morgan fingerprint density at radius 3 is 2.60 bits per heavy atom. The number of aliphatic carboxylic acids is 1. The summed E-state index contributed by atoms with van der Waals surface area (Å²) in [6.07, 6.45) is 3.01. The van der Waals surface area contributed by atoms with E-state index >= 15 is 0 Å². The summed E-state index contributed by atoms with van der Waals surface area (Å²) in [6, 6.07) is -0.169. The predicted octanol–water partition coefficient (Wildman–Crippen LogP) is 1.78. The van der Waals surface area contributed by atoms with Gasteiger partial charge in [-0.15, -0.1) is 0 Å². The van der Waals surface area contributed by atoms with Crippen LogP contribution in [0.3, 0.4) is 0 Å². The largest absolute Gasteiger partial charge is 0.481 e. The van der Waals surface area contributed by atoms with Gasteiger partial charge in [-0.25, -0.2) is 4.79 Å². The molecular formula is C13H22N2O3S2. The normalized spacial score (nSPS) is 24.5. The minimum Gasteiger partial charge on any atom is -0.481 e. The smallest absolute Gasteiger partial charge is 0.314 e. The van der Waals surface area contributed by atoms with Crippen LogP contribution in [0.4, 0.5) is 4.79 Å². The van der Waals surface area contributed by atoms with Gasteiger partial charge in [0, 0.05) is 35.6 Å². The van der Waals surface area contributed by atoms with E-state index in [1.807, 2.05) is 23.5 Å². The maximum absolute atomic E-state index is 11.8. The van der Waals surface area contributed by atoms with Crippen molar-refractivity contribution in [3.05, 3.63) is 0 Å². The maximum Gasteiger partial charge on any atom is 0.314 e. The Hall–Kier alpha value is -0.560. The van der Waals surface area contributed by atoms with Crippen molar-refractivity contribution in [1.82, 2.24) is 10.6 Å². The van der Waals surface area contributed by atoms with Crippen LogP contribution in [0.25, 0.3) is 0 Å². The zero-order valence-corrected chi connectivity index (χ0v) is 13.2. The van der Waals surface area contributed by atoms with Crippen molar-refractivity contribution >= 4 is 35.5 Å². The lowest BCUT2D eigenvalue weighted by Crippen LogP contribution is -2.47. The molecule has 0 aromatic heterocycles. The standard InChI is InChI=1S/C13H22N2O3S2/c16-11(17)6-13(2-1-3-13)9-15-12(18)14-7-10-8-19-4-5-20-10/h10H,1-9H2,(H,16,17)(H2,14,15,18). The Morgan fingerprint density at radius 1 is 1.25 bits per heavy atom. The number of rotatable bonds is 6. The summed E-state index contributed by atoms with van der Waals surface area (Å²) in [5.74, 6) is 2.67. The van der Waals surface area contributed by atoms with Gasteiger partial charge >= 0.3 is 12.0 Å². The Morgan fingerprint density at radius 2 is 2.05 bits per heavy atom. The number of amides is 2. The summed E-state index contributed by atoms with van der Waals surface area (Å²) in [6.45, 7) is 1.16. The Balaban J connectivity index is 1.65. The van der Waals surface area contributed by atoms with E-state index in [0.717, 1.165) is 30.8 Å². The number of hydrogen-bond acceptors (Lipinski definition) is 4. The highest BCUT2D eigenvalue weighted by atomic mass is 32.2. The molecule has 1 unspecified atom stereocenters. The second-order valence-corrected chi connectivity index (χ2v) is 8.11. The molecule has 0 aromatic carbocycles. The monoisotopic (exact) mass is 318 g/mol. The fraction of sp³-hybridized carbons (Fsp3) is 0.846. The van der Waals surface area contributed by atoms with E-state index in [1.165, 1.54) is 5.75 Å². The molecular weight excluding hydrogens is 296 g/mol. The van der Waals surface area contributed by atoms with Crippen molar-refractivity contribution in [2.45, 2.75) is 30.9 Å². The van der Waals surface area contributed by atoms with Crippen LogP contribution in [-0.2, 0) is 4.79 Å². The van der Waals surface area contributed by atoms with Gasteiger partial charge in [0.1, 0.15) is 0 Å². The second kappa shape index (κ2) is 7.45. The minimum atomic E-state index is -0.775. The van der Waals surface area contributed by atoms with E-state index in [4.69, 9.17) is 5.11 Å². The highest BCUT2D eigenvalue weighted by Gasteiger charge is 2.39. The lowest BCUT2D eigenvalue weighted by atomic mass is 9.66. The molecule has 114 valence electrons. The van der Waals surface area contributed by atoms with Gasteiger partial charge in [-0.1, -0.05) is 6.42 Å². The van der Waals surface area contributed by atoms with E-state index in [0.29, 0.717) is 18.3 Å². The van der Waals surface area contributed by atoms with Crippen LogP contribution in [0, 0.1) is 5.41 Å². The predicted molar refractivity (Wildman–Crippen MR) is 83.5 cm³/mol. The lowest BCUT2D eigenvalue weighted by Gasteiger charge is -2.40. The number of thioether (sulfide) groups is 2. The first-order valence-electron chi connectivity index (χ1n) is 7.02. The number of hydrogen-bond donors (Lipinski definition) is 3. The van der Waals surface area contributed by atoms with Crippen LogP contribution in [0.2, 0.25) is 0 Å². The molecule has 0 bridgehead atoms. The lowest BCUT2D eigenvalue weighted by molar-refractivity contribution is -0.141. The van der Waals surface area contributed by atoms with Crippen LogP contribution >= 0.6 is 23.5 Å². The number of urea groups is 1. The molecule has 1 saturated carbocycles. The summed E-state index contributed by atoms with van der Waals surface area (Å²) in [7, 11) is 0. The second-order valence-electron chi connectivity index (χ2n) is 5.56. The molecule has 2 amide bonds. The fourth-order valence-corrected chi connectivity index (χ4v) is 5.22. The van der Waals surface area contributed by atoms with Crippen molar-refractivity contribution in [2.75, 3.05) is 30.3 Å². The van der Waals surface area contributed by atoms with Crippen molar-refractivity contribution in [1.29, 1.82) is 0 Å². The Kier molecular flexibility index (Phi) is 5.89. The van der Waals surface area contributed by atoms with Gasteiger partial charge in [-0.3, -0.25) is 4.79 Å². The fourth-order valence-electron chi connectivity index (χ4n) is 2.60. The van der Waals surface area contributed by atoms with Crippen molar-refractivity contribution < 1.29 is 14.7 Å². The first-order chi connectivity index (χ1) is 9.60. The Labute approximate surface area is 128 Å². The van der Waals surface area contributed by atoms with Gasteiger partial charge in [-0.2, -0.15) is 23.5 Å². The highest BCUT2D eigenvalue weighted by molar-refractivity contribution is 8.06. The number of carbonyl (C=O) groups excluding carboxylic acids is 1. The quantitative estimate of drug-likeness (QED) is 0.696. The molecule has 0 spiro atoms. The number of carboxylic acid groups (broad SMARTS) is 1. The third-order valence-electron chi connectivity index (χ3n) is 3.94. The summed E-state index contributed by atoms with van der Waals surface area (Å²) in [4.78, 5) is 22.6.